The number of nitrogens with zero attached hydrogens (tertiary/aromatic N) is 2. The molecule has 0 saturated heterocycles. The summed E-state index contributed by atoms with van der Waals surface area (Å²) >= 11 is 1.49. The van der Waals surface area contributed by atoms with Gasteiger partial charge in [-0.1, -0.05) is 59.8 Å². The lowest BCUT2D eigenvalue weighted by Crippen LogP contribution is -2.06. The lowest BCUT2D eigenvalue weighted by molar-refractivity contribution is 1.23. The molecular weight excluding hydrogens is 290 g/mol. The Kier molecular flexibility index (Phi) is 5.78. The third-order valence-corrected chi connectivity index (χ3v) is 4.17. The van der Waals surface area contributed by atoms with Gasteiger partial charge in [-0.05, 0) is 37.5 Å². The number of benzene rings is 2. The highest BCUT2D eigenvalue weighted by Crippen LogP contribution is 2.15. The molecule has 0 fully saturated rings. The Morgan fingerprint density at radius 3 is 2.36 bits per heavy atom. The predicted octanol–water partition coefficient (Wildman–Crippen LogP) is 4.19. The molecule has 2 N–H and O–H groups in total. The molecule has 2 aromatic carbocycles. The third-order valence-electron chi connectivity index (χ3n) is 3.31. The van der Waals surface area contributed by atoms with Gasteiger partial charge in [0.1, 0.15) is 0 Å². The molecule has 0 unspecified atom stereocenters. The first-order valence-corrected chi connectivity index (χ1v) is 8.16. The molecule has 0 atom stereocenters. The number of hydrogen-bond acceptors (Lipinski definition) is 3. The van der Waals surface area contributed by atoms with E-state index in [1.165, 1.54) is 34.0 Å². The molecule has 0 bridgehead atoms. The molecule has 0 aliphatic carbocycles. The van der Waals surface area contributed by atoms with Crippen LogP contribution in [0.25, 0.3) is 0 Å². The minimum Gasteiger partial charge on any atom is -0.377 e. The Bertz CT molecular complexity index is 668. The highest BCUT2D eigenvalue weighted by atomic mass is 32.2. The number of aryl methyl sites for hydroxylation is 3. The summed E-state index contributed by atoms with van der Waals surface area (Å²) in [7, 11) is 0. The first kappa shape index (κ1) is 16.3. The van der Waals surface area contributed by atoms with Crippen LogP contribution in [-0.2, 0) is 5.75 Å². The van der Waals surface area contributed by atoms with Crippen LogP contribution in [0.1, 0.15) is 27.8 Å². The van der Waals surface area contributed by atoms with Gasteiger partial charge in [0.15, 0.2) is 5.17 Å². The van der Waals surface area contributed by atoms with Crippen LogP contribution in [0.3, 0.4) is 0 Å². The number of amidine groups is 1. The molecular formula is C18H21N3S. The molecule has 114 valence electrons. The van der Waals surface area contributed by atoms with E-state index in [9.17, 15) is 0 Å². The minimum absolute atomic E-state index is 0.475. The minimum atomic E-state index is 0.475. The zero-order chi connectivity index (χ0) is 15.9. The van der Waals surface area contributed by atoms with Crippen molar-refractivity contribution in [2.45, 2.75) is 26.5 Å². The van der Waals surface area contributed by atoms with Crippen molar-refractivity contribution in [3.05, 3.63) is 70.3 Å². The lowest BCUT2D eigenvalue weighted by Gasteiger charge is -2.05. The lowest BCUT2D eigenvalue weighted by atomic mass is 10.0. The number of hydrogen-bond donors (Lipinski definition) is 1. The first-order chi connectivity index (χ1) is 10.6. The Hall–Kier alpha value is -2.07. The number of thioether (sulfide) groups is 1. The summed E-state index contributed by atoms with van der Waals surface area (Å²) in [5.74, 6) is 0.800. The van der Waals surface area contributed by atoms with Gasteiger partial charge >= 0.3 is 0 Å². The van der Waals surface area contributed by atoms with Crippen LogP contribution < -0.4 is 5.73 Å². The molecule has 0 amide bonds. The van der Waals surface area contributed by atoms with Crippen LogP contribution in [0.5, 0.6) is 0 Å². The maximum absolute atomic E-state index is 5.89. The van der Waals surface area contributed by atoms with Crippen LogP contribution in [0, 0.1) is 20.8 Å². The van der Waals surface area contributed by atoms with E-state index in [0.717, 1.165) is 11.3 Å². The Labute approximate surface area is 136 Å². The zero-order valence-electron chi connectivity index (χ0n) is 13.2. The number of rotatable bonds is 4. The highest BCUT2D eigenvalue weighted by Gasteiger charge is 2.01. The van der Waals surface area contributed by atoms with E-state index in [2.05, 4.69) is 55.2 Å². The smallest absolute Gasteiger partial charge is 0.180 e. The second-order valence-electron chi connectivity index (χ2n) is 5.27. The SMILES string of the molecule is Cc1cc(C)c(C=NN=C(N)SCc2ccccc2)c(C)c1. The maximum Gasteiger partial charge on any atom is 0.180 e. The largest absolute Gasteiger partial charge is 0.377 e. The van der Waals surface area contributed by atoms with Gasteiger partial charge in [0, 0.05) is 11.3 Å². The highest BCUT2D eigenvalue weighted by molar-refractivity contribution is 8.13. The topological polar surface area (TPSA) is 50.7 Å². The number of nitrogens with two attached hydrogens (primary N) is 1. The van der Waals surface area contributed by atoms with E-state index in [-0.39, 0.29) is 0 Å². The van der Waals surface area contributed by atoms with Gasteiger partial charge in [0.05, 0.1) is 6.21 Å². The van der Waals surface area contributed by atoms with Gasteiger partial charge in [-0.25, -0.2) is 0 Å². The molecule has 0 radical (unpaired) electrons. The van der Waals surface area contributed by atoms with Crippen molar-refractivity contribution in [3.8, 4) is 0 Å². The van der Waals surface area contributed by atoms with Crippen LogP contribution in [0.2, 0.25) is 0 Å². The molecule has 0 saturated carbocycles. The first-order valence-electron chi connectivity index (χ1n) is 7.17. The van der Waals surface area contributed by atoms with Crippen molar-refractivity contribution in [1.82, 2.24) is 0 Å². The summed E-state index contributed by atoms with van der Waals surface area (Å²) < 4.78 is 0. The van der Waals surface area contributed by atoms with E-state index in [1.54, 1.807) is 6.21 Å². The van der Waals surface area contributed by atoms with E-state index in [4.69, 9.17) is 5.73 Å². The average molecular weight is 311 g/mol. The summed E-state index contributed by atoms with van der Waals surface area (Å²) in [4.78, 5) is 0. The van der Waals surface area contributed by atoms with E-state index < -0.39 is 0 Å². The molecule has 22 heavy (non-hydrogen) atoms. The van der Waals surface area contributed by atoms with Gasteiger partial charge in [-0.2, -0.15) is 5.10 Å². The molecule has 0 aromatic heterocycles. The Morgan fingerprint density at radius 2 is 1.73 bits per heavy atom. The molecule has 0 aliphatic rings. The maximum atomic E-state index is 5.89. The second-order valence-corrected chi connectivity index (χ2v) is 6.27. The fourth-order valence-corrected chi connectivity index (χ4v) is 2.91. The Morgan fingerprint density at radius 1 is 1.09 bits per heavy atom. The van der Waals surface area contributed by atoms with Crippen molar-refractivity contribution >= 4 is 23.1 Å². The molecule has 0 spiro atoms. The predicted molar refractivity (Wildman–Crippen MR) is 97.6 cm³/mol. The van der Waals surface area contributed by atoms with Gasteiger partial charge in [-0.15, -0.1) is 5.10 Å². The van der Waals surface area contributed by atoms with Crippen molar-refractivity contribution in [1.29, 1.82) is 0 Å². The van der Waals surface area contributed by atoms with Gasteiger partial charge in [0.2, 0.25) is 0 Å². The van der Waals surface area contributed by atoms with Crippen LogP contribution in [0.15, 0.2) is 52.7 Å². The monoisotopic (exact) mass is 311 g/mol. The van der Waals surface area contributed by atoms with E-state index >= 15 is 0 Å². The van der Waals surface area contributed by atoms with Gasteiger partial charge < -0.3 is 5.73 Å². The van der Waals surface area contributed by atoms with Crippen LogP contribution in [0.4, 0.5) is 0 Å². The van der Waals surface area contributed by atoms with Crippen molar-refractivity contribution < 1.29 is 0 Å². The fraction of sp³-hybridized carbons (Fsp3) is 0.222. The summed E-state index contributed by atoms with van der Waals surface area (Å²) in [6.45, 7) is 6.26. The third kappa shape index (κ3) is 4.74. The molecule has 2 aromatic rings. The van der Waals surface area contributed by atoms with Gasteiger partial charge in [0.25, 0.3) is 0 Å². The zero-order valence-corrected chi connectivity index (χ0v) is 14.0. The van der Waals surface area contributed by atoms with E-state index in [0.29, 0.717) is 5.17 Å². The average Bonchev–Trinajstić information content (AvgIpc) is 2.49. The fourth-order valence-electron chi connectivity index (χ4n) is 2.30. The van der Waals surface area contributed by atoms with Crippen LogP contribution in [-0.4, -0.2) is 11.4 Å². The molecule has 2 rings (SSSR count). The Balaban J connectivity index is 1.99. The summed E-state index contributed by atoms with van der Waals surface area (Å²) in [6, 6.07) is 14.5. The van der Waals surface area contributed by atoms with E-state index in [1.807, 2.05) is 18.2 Å². The van der Waals surface area contributed by atoms with Crippen molar-refractivity contribution in [2.75, 3.05) is 0 Å². The molecule has 0 aliphatic heterocycles. The van der Waals surface area contributed by atoms with Gasteiger partial charge in [-0.3, -0.25) is 0 Å². The standard InChI is InChI=1S/C18H21N3S/c1-13-9-14(2)17(15(3)10-13)11-20-21-18(19)22-12-16-7-5-4-6-8-16/h4-11H,12H2,1-3H3,(H2,19,21). The summed E-state index contributed by atoms with van der Waals surface area (Å²) in [5, 5.41) is 8.66. The normalized spacial score (nSPS) is 12.0. The summed E-state index contributed by atoms with van der Waals surface area (Å²) in [6.07, 6.45) is 1.78. The second kappa shape index (κ2) is 7.80. The molecule has 3 nitrogen and oxygen atoms in total. The summed E-state index contributed by atoms with van der Waals surface area (Å²) in [5.41, 5.74) is 11.9. The quantitative estimate of drug-likeness (QED) is 0.523. The van der Waals surface area contributed by atoms with Crippen molar-refractivity contribution in [3.63, 3.8) is 0 Å². The molecule has 0 heterocycles. The molecule has 4 heteroatoms. The van der Waals surface area contributed by atoms with Crippen molar-refractivity contribution in [2.24, 2.45) is 15.9 Å². The van der Waals surface area contributed by atoms with Crippen LogP contribution >= 0.6 is 11.8 Å².